The lowest BCUT2D eigenvalue weighted by molar-refractivity contribution is -0.132. The maximum absolute atomic E-state index is 13.9. The molecule has 0 aliphatic carbocycles. The van der Waals surface area contributed by atoms with Crippen molar-refractivity contribution >= 4 is 11.7 Å². The second kappa shape index (κ2) is 8.79. The van der Waals surface area contributed by atoms with Crippen LogP contribution in [-0.2, 0) is 16.6 Å². The maximum Gasteiger partial charge on any atom is 0.260 e. The second-order valence-corrected chi connectivity index (χ2v) is 10.0. The Morgan fingerprint density at radius 1 is 1.25 bits per heavy atom. The number of alkyl halides is 2. The summed E-state index contributed by atoms with van der Waals surface area (Å²) in [6.07, 6.45) is -0.295. The molecule has 1 fully saturated rings. The van der Waals surface area contributed by atoms with Gasteiger partial charge < -0.3 is 10.2 Å². The topological polar surface area (TPSA) is 50.2 Å². The third-order valence-electron chi connectivity index (χ3n) is 6.59. The quantitative estimate of drug-likeness (QED) is 0.732. The van der Waals surface area contributed by atoms with E-state index in [-0.39, 0.29) is 41.9 Å². The highest BCUT2D eigenvalue weighted by Crippen LogP contribution is 2.38. The number of benzene rings is 1. The van der Waals surface area contributed by atoms with Crippen molar-refractivity contribution in [3.8, 4) is 0 Å². The van der Waals surface area contributed by atoms with Gasteiger partial charge in [-0.3, -0.25) is 4.79 Å². The molecule has 1 amide bonds. The van der Waals surface area contributed by atoms with E-state index in [4.69, 9.17) is 0 Å². The zero-order valence-corrected chi connectivity index (χ0v) is 18.8. The van der Waals surface area contributed by atoms with Crippen molar-refractivity contribution in [2.45, 2.75) is 70.4 Å². The zero-order chi connectivity index (χ0) is 23.0. The van der Waals surface area contributed by atoms with Gasteiger partial charge in [-0.15, -0.1) is 0 Å². The van der Waals surface area contributed by atoms with Crippen LogP contribution in [0.2, 0.25) is 0 Å². The van der Waals surface area contributed by atoms with Crippen molar-refractivity contribution in [3.63, 3.8) is 0 Å². The Morgan fingerprint density at radius 2 is 1.97 bits per heavy atom. The second-order valence-electron chi connectivity index (χ2n) is 10.0. The number of rotatable bonds is 4. The highest BCUT2D eigenvalue weighted by Gasteiger charge is 2.39. The molecule has 32 heavy (non-hydrogen) atoms. The molecule has 2 aliphatic rings. The van der Waals surface area contributed by atoms with Crippen molar-refractivity contribution in [1.29, 1.82) is 0 Å². The van der Waals surface area contributed by atoms with Gasteiger partial charge in [0, 0.05) is 30.6 Å². The van der Waals surface area contributed by atoms with Gasteiger partial charge in [-0.2, -0.15) is 5.10 Å². The number of piperidine rings is 1. The molecule has 0 unspecified atom stereocenters. The molecule has 0 spiro atoms. The van der Waals surface area contributed by atoms with Gasteiger partial charge in [-0.1, -0.05) is 32.9 Å². The number of nitrogens with zero attached hydrogens (tertiary/aromatic N) is 3. The Morgan fingerprint density at radius 3 is 2.62 bits per heavy atom. The summed E-state index contributed by atoms with van der Waals surface area (Å²) in [5.74, 6) is 0.378. The summed E-state index contributed by atoms with van der Waals surface area (Å²) < 4.78 is 42.5. The molecule has 1 aromatic heterocycles. The molecular formula is C24H31F3N4O. The molecule has 1 saturated heterocycles. The first-order chi connectivity index (χ1) is 15.1. The number of amides is 1. The SMILES string of the molecule is CC(C)(C)c1cc2n(n1)[C@@H](C(F)F)C[C@@H]([C@@H]1CCCN(C(=O)Cc3ccc(F)cc3)C1)N2. The van der Waals surface area contributed by atoms with E-state index in [9.17, 15) is 18.0 Å². The highest BCUT2D eigenvalue weighted by molar-refractivity contribution is 5.78. The van der Waals surface area contributed by atoms with Gasteiger partial charge in [-0.25, -0.2) is 17.9 Å². The fraction of sp³-hybridized carbons (Fsp3) is 0.583. The van der Waals surface area contributed by atoms with Crippen LogP contribution >= 0.6 is 0 Å². The van der Waals surface area contributed by atoms with E-state index >= 15 is 0 Å². The van der Waals surface area contributed by atoms with Gasteiger partial charge in [0.15, 0.2) is 0 Å². The van der Waals surface area contributed by atoms with Gasteiger partial charge in [-0.05, 0) is 42.9 Å². The molecule has 8 heteroatoms. The first-order valence-corrected chi connectivity index (χ1v) is 11.3. The van der Waals surface area contributed by atoms with E-state index in [0.717, 1.165) is 24.1 Å². The summed E-state index contributed by atoms with van der Waals surface area (Å²) in [7, 11) is 0. The fourth-order valence-electron chi connectivity index (χ4n) is 4.70. The third kappa shape index (κ3) is 4.79. The smallest absolute Gasteiger partial charge is 0.260 e. The van der Waals surface area contributed by atoms with Crippen LogP contribution in [0.3, 0.4) is 0 Å². The fourth-order valence-corrected chi connectivity index (χ4v) is 4.70. The van der Waals surface area contributed by atoms with Crippen LogP contribution < -0.4 is 5.32 Å². The number of hydrogen-bond donors (Lipinski definition) is 1. The average Bonchev–Trinajstić information content (AvgIpc) is 3.19. The maximum atomic E-state index is 13.9. The van der Waals surface area contributed by atoms with E-state index in [1.54, 1.807) is 12.1 Å². The van der Waals surface area contributed by atoms with E-state index in [1.165, 1.54) is 16.8 Å². The van der Waals surface area contributed by atoms with Crippen molar-refractivity contribution in [2.24, 2.45) is 5.92 Å². The minimum Gasteiger partial charge on any atom is -0.367 e. The molecule has 0 radical (unpaired) electrons. The number of nitrogens with one attached hydrogen (secondary N) is 1. The Balaban J connectivity index is 1.47. The van der Waals surface area contributed by atoms with Crippen molar-refractivity contribution < 1.29 is 18.0 Å². The van der Waals surface area contributed by atoms with Crippen LogP contribution in [0.15, 0.2) is 30.3 Å². The molecular weight excluding hydrogens is 417 g/mol. The number of likely N-dealkylation sites (tertiary alicyclic amines) is 1. The predicted octanol–water partition coefficient (Wildman–Crippen LogP) is 4.79. The number of aromatic nitrogens is 2. The number of halogens is 3. The Kier molecular flexibility index (Phi) is 6.23. The summed E-state index contributed by atoms with van der Waals surface area (Å²) >= 11 is 0. The van der Waals surface area contributed by atoms with Crippen LogP contribution in [0.1, 0.15) is 57.3 Å². The van der Waals surface area contributed by atoms with Crippen LogP contribution in [0.5, 0.6) is 0 Å². The Labute approximate surface area is 187 Å². The highest BCUT2D eigenvalue weighted by atomic mass is 19.3. The standard InChI is InChI=1S/C24H31F3N4O/c1-24(2,3)20-13-21-28-18(12-19(23(26)27)31(21)29-20)16-5-4-10-30(14-16)22(32)11-15-6-8-17(25)9-7-15/h6-9,13,16,18-19,23,28H,4-5,10-12,14H2,1-3H3/t16-,18+,19-/m1/s1. The van der Waals surface area contributed by atoms with Gasteiger partial charge in [0.1, 0.15) is 17.7 Å². The lowest BCUT2D eigenvalue weighted by Gasteiger charge is -2.41. The third-order valence-corrected chi connectivity index (χ3v) is 6.59. The predicted molar refractivity (Wildman–Crippen MR) is 117 cm³/mol. The number of anilines is 1. The first-order valence-electron chi connectivity index (χ1n) is 11.3. The molecule has 174 valence electrons. The van der Waals surface area contributed by atoms with Crippen LogP contribution in [-0.4, -0.2) is 46.1 Å². The number of fused-ring (bicyclic) bond motifs is 1. The van der Waals surface area contributed by atoms with E-state index in [2.05, 4.69) is 10.4 Å². The van der Waals surface area contributed by atoms with Gasteiger partial charge in [0.25, 0.3) is 6.43 Å². The molecule has 0 bridgehead atoms. The number of carbonyl (C=O) groups excluding carboxylic acids is 1. The number of hydrogen-bond acceptors (Lipinski definition) is 3. The molecule has 2 aliphatic heterocycles. The Hall–Kier alpha value is -2.51. The molecule has 5 nitrogen and oxygen atoms in total. The summed E-state index contributed by atoms with van der Waals surface area (Å²) in [6, 6.07) is 6.71. The lowest BCUT2D eigenvalue weighted by atomic mass is 9.85. The normalized spacial score (nSPS) is 23.7. The molecule has 3 atom stereocenters. The monoisotopic (exact) mass is 448 g/mol. The van der Waals surface area contributed by atoms with Crippen molar-refractivity contribution in [2.75, 3.05) is 18.4 Å². The van der Waals surface area contributed by atoms with Crippen LogP contribution in [0.25, 0.3) is 0 Å². The Bertz CT molecular complexity index is 951. The van der Waals surface area contributed by atoms with Gasteiger partial charge in [0.2, 0.25) is 5.91 Å². The van der Waals surface area contributed by atoms with E-state index in [0.29, 0.717) is 18.9 Å². The number of carbonyl (C=O) groups is 1. The molecule has 2 aromatic rings. The molecule has 3 heterocycles. The lowest BCUT2D eigenvalue weighted by Crippen LogP contribution is -2.48. The van der Waals surface area contributed by atoms with Crippen molar-refractivity contribution in [3.05, 3.63) is 47.4 Å². The minimum absolute atomic E-state index is 0.0115. The molecule has 1 aromatic carbocycles. The summed E-state index contributed by atoms with van der Waals surface area (Å²) in [6.45, 7) is 7.24. The van der Waals surface area contributed by atoms with Crippen molar-refractivity contribution in [1.82, 2.24) is 14.7 Å². The van der Waals surface area contributed by atoms with E-state index < -0.39 is 12.5 Å². The van der Waals surface area contributed by atoms with Gasteiger partial charge >= 0.3 is 0 Å². The van der Waals surface area contributed by atoms with E-state index in [1.807, 2.05) is 31.7 Å². The first kappa shape index (κ1) is 22.7. The molecule has 1 N–H and O–H groups in total. The van der Waals surface area contributed by atoms with Gasteiger partial charge in [0.05, 0.1) is 12.1 Å². The van der Waals surface area contributed by atoms with Crippen LogP contribution in [0, 0.1) is 11.7 Å². The summed E-state index contributed by atoms with van der Waals surface area (Å²) in [5, 5.41) is 7.93. The average molecular weight is 449 g/mol. The largest absolute Gasteiger partial charge is 0.367 e. The molecule has 0 saturated carbocycles. The summed E-state index contributed by atoms with van der Waals surface area (Å²) in [5.41, 5.74) is 1.32. The zero-order valence-electron chi connectivity index (χ0n) is 18.8. The van der Waals surface area contributed by atoms with Crippen LogP contribution in [0.4, 0.5) is 19.0 Å². The minimum atomic E-state index is -2.51. The summed E-state index contributed by atoms with van der Waals surface area (Å²) in [4.78, 5) is 14.7. The molecule has 4 rings (SSSR count).